The molecule has 0 amide bonds. The Morgan fingerprint density at radius 2 is 2.29 bits per heavy atom. The fraction of sp³-hybridized carbons (Fsp3) is 0.750. The van der Waals surface area contributed by atoms with Gasteiger partial charge < -0.3 is 0 Å². The lowest BCUT2D eigenvalue weighted by Crippen LogP contribution is -2.27. The highest BCUT2D eigenvalue weighted by Crippen LogP contribution is 2.17. The monoisotopic (exact) mass is 195 g/mol. The SMILES string of the molecule is CCN1CCCC1/C=C/C(=O)C(C)C. The number of nitrogens with zero attached hydrogens (tertiary/aromatic N) is 1. The molecule has 1 aliphatic heterocycles. The first-order chi connectivity index (χ1) is 6.65. The molecule has 0 radical (unpaired) electrons. The zero-order valence-electron chi connectivity index (χ0n) is 9.49. The molecule has 0 bridgehead atoms. The number of carbonyl (C=O) groups excluding carboxylic acids is 1. The molecule has 1 heterocycles. The van der Waals surface area contributed by atoms with Crippen LogP contribution in [0.2, 0.25) is 0 Å². The van der Waals surface area contributed by atoms with Crippen LogP contribution in [0.5, 0.6) is 0 Å². The number of rotatable bonds is 4. The van der Waals surface area contributed by atoms with Crippen LogP contribution >= 0.6 is 0 Å². The van der Waals surface area contributed by atoms with Crippen molar-refractivity contribution >= 4 is 5.78 Å². The average molecular weight is 195 g/mol. The molecule has 80 valence electrons. The van der Waals surface area contributed by atoms with Crippen molar-refractivity contribution in [3.05, 3.63) is 12.2 Å². The van der Waals surface area contributed by atoms with Crippen LogP contribution in [0.4, 0.5) is 0 Å². The van der Waals surface area contributed by atoms with Crippen LogP contribution in [0.1, 0.15) is 33.6 Å². The molecule has 0 N–H and O–H groups in total. The Hall–Kier alpha value is -0.630. The van der Waals surface area contributed by atoms with Crippen LogP contribution in [0.3, 0.4) is 0 Å². The Balaban J connectivity index is 2.46. The van der Waals surface area contributed by atoms with E-state index in [1.165, 1.54) is 19.4 Å². The van der Waals surface area contributed by atoms with Crippen LogP contribution in [0.15, 0.2) is 12.2 Å². The first-order valence-corrected chi connectivity index (χ1v) is 5.61. The van der Waals surface area contributed by atoms with Gasteiger partial charge in [-0.2, -0.15) is 0 Å². The summed E-state index contributed by atoms with van der Waals surface area (Å²) in [6, 6.07) is 0.502. The number of allylic oxidation sites excluding steroid dienone is 1. The van der Waals surface area contributed by atoms with Crippen molar-refractivity contribution in [3.63, 3.8) is 0 Å². The van der Waals surface area contributed by atoms with E-state index < -0.39 is 0 Å². The molecule has 14 heavy (non-hydrogen) atoms. The molecule has 2 heteroatoms. The highest BCUT2D eigenvalue weighted by Gasteiger charge is 2.20. The Morgan fingerprint density at radius 3 is 2.86 bits per heavy atom. The second-order valence-electron chi connectivity index (χ2n) is 4.25. The molecule has 0 saturated carbocycles. The summed E-state index contributed by atoms with van der Waals surface area (Å²) in [4.78, 5) is 13.8. The molecule has 1 aliphatic rings. The molecule has 2 nitrogen and oxygen atoms in total. The van der Waals surface area contributed by atoms with Crippen molar-refractivity contribution < 1.29 is 4.79 Å². The molecular weight excluding hydrogens is 174 g/mol. The number of ketones is 1. The lowest BCUT2D eigenvalue weighted by molar-refractivity contribution is -0.117. The van der Waals surface area contributed by atoms with Gasteiger partial charge in [-0.15, -0.1) is 0 Å². The summed E-state index contributed by atoms with van der Waals surface area (Å²) in [6.07, 6.45) is 6.32. The molecule has 0 aromatic heterocycles. The zero-order chi connectivity index (χ0) is 10.6. The Kier molecular flexibility index (Phi) is 4.33. The quantitative estimate of drug-likeness (QED) is 0.641. The third kappa shape index (κ3) is 2.95. The smallest absolute Gasteiger partial charge is 0.157 e. The van der Waals surface area contributed by atoms with Gasteiger partial charge in [0.2, 0.25) is 0 Å². The maximum absolute atomic E-state index is 11.4. The second kappa shape index (κ2) is 5.30. The highest BCUT2D eigenvalue weighted by molar-refractivity contribution is 5.91. The van der Waals surface area contributed by atoms with E-state index in [2.05, 4.69) is 17.9 Å². The van der Waals surface area contributed by atoms with E-state index in [0.717, 1.165) is 6.54 Å². The molecule has 0 spiro atoms. The molecule has 0 aromatic rings. The Labute approximate surface area is 87.0 Å². The van der Waals surface area contributed by atoms with Gasteiger partial charge in [-0.05, 0) is 32.0 Å². The predicted molar refractivity (Wildman–Crippen MR) is 59.3 cm³/mol. The summed E-state index contributed by atoms with van der Waals surface area (Å²) in [5.74, 6) is 0.371. The maximum Gasteiger partial charge on any atom is 0.157 e. The van der Waals surface area contributed by atoms with Crippen LogP contribution in [-0.4, -0.2) is 29.8 Å². The molecule has 1 unspecified atom stereocenters. The summed E-state index contributed by atoms with van der Waals surface area (Å²) >= 11 is 0. The summed E-state index contributed by atoms with van der Waals surface area (Å²) in [7, 11) is 0. The van der Waals surface area contributed by atoms with Gasteiger partial charge in [-0.3, -0.25) is 9.69 Å². The van der Waals surface area contributed by atoms with Gasteiger partial charge in [0.15, 0.2) is 5.78 Å². The van der Waals surface area contributed by atoms with Crippen molar-refractivity contribution in [2.45, 2.75) is 39.7 Å². The first kappa shape index (κ1) is 11.4. The lowest BCUT2D eigenvalue weighted by Gasteiger charge is -2.19. The van der Waals surface area contributed by atoms with E-state index in [1.807, 2.05) is 13.8 Å². The van der Waals surface area contributed by atoms with Gasteiger partial charge >= 0.3 is 0 Å². The number of likely N-dealkylation sites (N-methyl/N-ethyl adjacent to an activating group) is 1. The number of hydrogen-bond donors (Lipinski definition) is 0. The van der Waals surface area contributed by atoms with Crippen LogP contribution in [0, 0.1) is 5.92 Å². The van der Waals surface area contributed by atoms with Gasteiger partial charge in [0.1, 0.15) is 0 Å². The largest absolute Gasteiger partial charge is 0.297 e. The van der Waals surface area contributed by atoms with Crippen LogP contribution in [0.25, 0.3) is 0 Å². The second-order valence-corrected chi connectivity index (χ2v) is 4.25. The molecule has 0 aromatic carbocycles. The first-order valence-electron chi connectivity index (χ1n) is 5.61. The zero-order valence-corrected chi connectivity index (χ0v) is 9.49. The van der Waals surface area contributed by atoms with Gasteiger partial charge in [0.25, 0.3) is 0 Å². The van der Waals surface area contributed by atoms with Gasteiger partial charge in [0.05, 0.1) is 0 Å². The molecule has 0 aliphatic carbocycles. The minimum absolute atomic E-state index is 0.128. The van der Waals surface area contributed by atoms with E-state index in [-0.39, 0.29) is 11.7 Å². The maximum atomic E-state index is 11.4. The van der Waals surface area contributed by atoms with Crippen molar-refractivity contribution in [2.75, 3.05) is 13.1 Å². The van der Waals surface area contributed by atoms with Gasteiger partial charge in [-0.1, -0.05) is 26.8 Å². The topological polar surface area (TPSA) is 20.3 Å². The van der Waals surface area contributed by atoms with Crippen LogP contribution in [-0.2, 0) is 4.79 Å². The molecule has 1 atom stereocenters. The van der Waals surface area contributed by atoms with Crippen molar-refractivity contribution in [1.82, 2.24) is 4.90 Å². The predicted octanol–water partition coefficient (Wildman–Crippen LogP) is 2.25. The van der Waals surface area contributed by atoms with Gasteiger partial charge in [0, 0.05) is 12.0 Å². The molecule has 1 saturated heterocycles. The molecule has 1 rings (SSSR count). The number of carbonyl (C=O) groups is 1. The normalized spacial score (nSPS) is 23.9. The van der Waals surface area contributed by atoms with Gasteiger partial charge in [-0.25, -0.2) is 0 Å². The fourth-order valence-corrected chi connectivity index (χ4v) is 1.86. The fourth-order valence-electron chi connectivity index (χ4n) is 1.86. The Morgan fingerprint density at radius 1 is 1.57 bits per heavy atom. The summed E-state index contributed by atoms with van der Waals surface area (Å²) in [5.41, 5.74) is 0. The number of hydrogen-bond acceptors (Lipinski definition) is 2. The van der Waals surface area contributed by atoms with E-state index in [1.54, 1.807) is 6.08 Å². The average Bonchev–Trinajstić information content (AvgIpc) is 2.60. The van der Waals surface area contributed by atoms with E-state index in [9.17, 15) is 4.79 Å². The minimum atomic E-state index is 0.128. The minimum Gasteiger partial charge on any atom is -0.297 e. The number of likely N-dealkylation sites (tertiary alicyclic amines) is 1. The lowest BCUT2D eigenvalue weighted by atomic mass is 10.1. The summed E-state index contributed by atoms with van der Waals surface area (Å²) in [6.45, 7) is 8.33. The van der Waals surface area contributed by atoms with E-state index in [4.69, 9.17) is 0 Å². The highest BCUT2D eigenvalue weighted by atomic mass is 16.1. The Bertz CT molecular complexity index is 220. The van der Waals surface area contributed by atoms with Crippen molar-refractivity contribution in [1.29, 1.82) is 0 Å². The standard InChI is InChI=1S/C12H21NO/c1-4-13-9-5-6-11(13)7-8-12(14)10(2)3/h7-8,10-11H,4-6,9H2,1-3H3/b8-7+. The van der Waals surface area contributed by atoms with Crippen molar-refractivity contribution in [2.24, 2.45) is 5.92 Å². The third-order valence-corrected chi connectivity index (χ3v) is 2.87. The van der Waals surface area contributed by atoms with Crippen LogP contribution < -0.4 is 0 Å². The summed E-state index contributed by atoms with van der Waals surface area (Å²) < 4.78 is 0. The van der Waals surface area contributed by atoms with E-state index in [0.29, 0.717) is 6.04 Å². The van der Waals surface area contributed by atoms with Crippen molar-refractivity contribution in [3.8, 4) is 0 Å². The summed E-state index contributed by atoms with van der Waals surface area (Å²) in [5, 5.41) is 0. The third-order valence-electron chi connectivity index (χ3n) is 2.87. The molecule has 1 fully saturated rings. The van der Waals surface area contributed by atoms with E-state index >= 15 is 0 Å². The molecular formula is C12H21NO.